The van der Waals surface area contributed by atoms with E-state index in [4.69, 9.17) is 5.73 Å². The average molecular weight is 251 g/mol. The minimum atomic E-state index is -2.52. The standard InChI is InChI=1S/C13H15F2N3/c1-2-3-18-8-11(7-17-18)9-4-10(13(14)15)6-12(16)5-9/h4-8,13H,2-3,16H2,1H3. The van der Waals surface area contributed by atoms with E-state index in [2.05, 4.69) is 12.0 Å². The van der Waals surface area contributed by atoms with Crippen molar-refractivity contribution >= 4 is 5.69 Å². The van der Waals surface area contributed by atoms with Gasteiger partial charge in [0.25, 0.3) is 6.43 Å². The highest BCUT2D eigenvalue weighted by atomic mass is 19.3. The summed E-state index contributed by atoms with van der Waals surface area (Å²) in [5.74, 6) is 0. The third kappa shape index (κ3) is 2.67. The molecule has 18 heavy (non-hydrogen) atoms. The summed E-state index contributed by atoms with van der Waals surface area (Å²) in [6.07, 6.45) is 1.96. The number of aryl methyl sites for hydroxylation is 1. The van der Waals surface area contributed by atoms with Crippen LogP contribution in [0.2, 0.25) is 0 Å². The molecule has 0 aliphatic carbocycles. The minimum absolute atomic E-state index is 0.0618. The van der Waals surface area contributed by atoms with Crippen LogP contribution in [0.15, 0.2) is 30.6 Å². The van der Waals surface area contributed by atoms with Crippen molar-refractivity contribution in [3.63, 3.8) is 0 Å². The van der Waals surface area contributed by atoms with Gasteiger partial charge in [0.2, 0.25) is 0 Å². The second kappa shape index (κ2) is 5.16. The van der Waals surface area contributed by atoms with Crippen LogP contribution in [0.5, 0.6) is 0 Å². The molecule has 0 radical (unpaired) electrons. The molecule has 1 aromatic carbocycles. The lowest BCUT2D eigenvalue weighted by Gasteiger charge is -2.05. The Balaban J connectivity index is 2.36. The van der Waals surface area contributed by atoms with Gasteiger partial charge in [-0.15, -0.1) is 0 Å². The number of nitrogen functional groups attached to an aromatic ring is 1. The molecule has 0 unspecified atom stereocenters. The molecular formula is C13H15F2N3. The van der Waals surface area contributed by atoms with Gasteiger partial charge in [0.1, 0.15) is 0 Å². The third-order valence-corrected chi connectivity index (χ3v) is 2.65. The van der Waals surface area contributed by atoms with Gasteiger partial charge in [0, 0.05) is 29.6 Å². The van der Waals surface area contributed by atoms with Crippen LogP contribution in [0.3, 0.4) is 0 Å². The summed E-state index contributed by atoms with van der Waals surface area (Å²) < 4.78 is 27.2. The van der Waals surface area contributed by atoms with Crippen LogP contribution in [0, 0.1) is 0 Å². The number of nitrogens with zero attached hydrogens (tertiary/aromatic N) is 2. The van der Waals surface area contributed by atoms with E-state index in [1.54, 1.807) is 16.9 Å². The van der Waals surface area contributed by atoms with Crippen molar-refractivity contribution in [2.75, 3.05) is 5.73 Å². The highest BCUT2D eigenvalue weighted by Crippen LogP contribution is 2.28. The first-order valence-corrected chi connectivity index (χ1v) is 5.81. The third-order valence-electron chi connectivity index (χ3n) is 2.65. The van der Waals surface area contributed by atoms with E-state index in [-0.39, 0.29) is 5.56 Å². The maximum absolute atomic E-state index is 12.7. The van der Waals surface area contributed by atoms with E-state index in [1.165, 1.54) is 12.1 Å². The van der Waals surface area contributed by atoms with Gasteiger partial charge in [-0.25, -0.2) is 8.78 Å². The molecule has 96 valence electrons. The second-order valence-electron chi connectivity index (χ2n) is 4.18. The maximum atomic E-state index is 12.7. The Hall–Kier alpha value is -1.91. The largest absolute Gasteiger partial charge is 0.399 e. The average Bonchev–Trinajstić information content (AvgIpc) is 2.77. The molecule has 2 rings (SSSR count). The first kappa shape index (κ1) is 12.5. The van der Waals surface area contributed by atoms with E-state index in [0.717, 1.165) is 18.5 Å². The zero-order chi connectivity index (χ0) is 13.1. The molecule has 0 saturated carbocycles. The number of benzene rings is 1. The van der Waals surface area contributed by atoms with Crippen molar-refractivity contribution in [3.05, 3.63) is 36.2 Å². The van der Waals surface area contributed by atoms with Gasteiger partial charge in [-0.1, -0.05) is 6.92 Å². The maximum Gasteiger partial charge on any atom is 0.263 e. The summed E-state index contributed by atoms with van der Waals surface area (Å²) in [6.45, 7) is 2.86. The van der Waals surface area contributed by atoms with Crippen LogP contribution in [0.25, 0.3) is 11.1 Å². The first-order chi connectivity index (χ1) is 8.60. The molecule has 2 aromatic rings. The molecule has 0 aliphatic rings. The van der Waals surface area contributed by atoms with Crippen molar-refractivity contribution in [2.45, 2.75) is 26.3 Å². The van der Waals surface area contributed by atoms with Crippen LogP contribution >= 0.6 is 0 Å². The summed E-state index contributed by atoms with van der Waals surface area (Å²) in [5, 5.41) is 4.17. The molecule has 0 atom stereocenters. The number of hydrogen-bond acceptors (Lipinski definition) is 2. The molecule has 3 nitrogen and oxygen atoms in total. The van der Waals surface area contributed by atoms with Gasteiger partial charge in [0.05, 0.1) is 6.20 Å². The van der Waals surface area contributed by atoms with E-state index in [9.17, 15) is 8.78 Å². The van der Waals surface area contributed by atoms with E-state index >= 15 is 0 Å². The number of nitrogens with two attached hydrogens (primary N) is 1. The summed E-state index contributed by atoms with van der Waals surface area (Å²) in [6, 6.07) is 4.43. The van der Waals surface area contributed by atoms with Crippen molar-refractivity contribution < 1.29 is 8.78 Å². The molecule has 2 N–H and O–H groups in total. The van der Waals surface area contributed by atoms with Crippen molar-refractivity contribution in [2.24, 2.45) is 0 Å². The molecule has 1 heterocycles. The predicted octanol–water partition coefficient (Wildman–Crippen LogP) is 3.48. The van der Waals surface area contributed by atoms with Crippen LogP contribution in [0.1, 0.15) is 25.3 Å². The Morgan fingerprint density at radius 2 is 2.06 bits per heavy atom. The lowest BCUT2D eigenvalue weighted by Crippen LogP contribution is -1.95. The van der Waals surface area contributed by atoms with Crippen molar-refractivity contribution in [1.29, 1.82) is 0 Å². The number of hydrogen-bond donors (Lipinski definition) is 1. The van der Waals surface area contributed by atoms with Crippen LogP contribution in [-0.2, 0) is 6.54 Å². The Kier molecular flexibility index (Phi) is 3.60. The normalized spacial score (nSPS) is 11.1. The van der Waals surface area contributed by atoms with Gasteiger partial charge in [-0.05, 0) is 30.2 Å². The zero-order valence-corrected chi connectivity index (χ0v) is 10.1. The van der Waals surface area contributed by atoms with Gasteiger partial charge < -0.3 is 5.73 Å². The predicted molar refractivity (Wildman–Crippen MR) is 67.3 cm³/mol. The molecule has 0 spiro atoms. The SMILES string of the molecule is CCCn1cc(-c2cc(N)cc(C(F)F)c2)cn1. The fourth-order valence-electron chi connectivity index (χ4n) is 1.83. The molecule has 0 saturated heterocycles. The summed E-state index contributed by atoms with van der Waals surface area (Å²) in [5.41, 5.74) is 7.39. The van der Waals surface area contributed by atoms with Gasteiger partial charge in [0.15, 0.2) is 0 Å². The topological polar surface area (TPSA) is 43.8 Å². The fraction of sp³-hybridized carbons (Fsp3) is 0.308. The zero-order valence-electron chi connectivity index (χ0n) is 10.1. The van der Waals surface area contributed by atoms with Gasteiger partial charge in [-0.3, -0.25) is 4.68 Å². The monoisotopic (exact) mass is 251 g/mol. The highest BCUT2D eigenvalue weighted by Gasteiger charge is 2.11. The lowest BCUT2D eigenvalue weighted by molar-refractivity contribution is 0.151. The van der Waals surface area contributed by atoms with Crippen LogP contribution < -0.4 is 5.73 Å². The van der Waals surface area contributed by atoms with Crippen molar-refractivity contribution in [3.8, 4) is 11.1 Å². The van der Waals surface area contributed by atoms with Gasteiger partial charge in [-0.2, -0.15) is 5.10 Å². The number of rotatable bonds is 4. The number of halogens is 2. The van der Waals surface area contributed by atoms with E-state index in [1.807, 2.05) is 6.20 Å². The summed E-state index contributed by atoms with van der Waals surface area (Å²) in [7, 11) is 0. The molecule has 0 bridgehead atoms. The Bertz CT molecular complexity index is 535. The second-order valence-corrected chi connectivity index (χ2v) is 4.18. The number of anilines is 1. The molecule has 1 aromatic heterocycles. The van der Waals surface area contributed by atoms with Crippen LogP contribution in [0.4, 0.5) is 14.5 Å². The molecule has 0 aliphatic heterocycles. The number of alkyl halides is 2. The molecule has 0 fully saturated rings. The van der Waals surface area contributed by atoms with Crippen LogP contribution in [-0.4, -0.2) is 9.78 Å². The number of aromatic nitrogens is 2. The van der Waals surface area contributed by atoms with Crippen molar-refractivity contribution in [1.82, 2.24) is 9.78 Å². The highest BCUT2D eigenvalue weighted by molar-refractivity contribution is 5.67. The van der Waals surface area contributed by atoms with E-state index < -0.39 is 6.43 Å². The van der Waals surface area contributed by atoms with Gasteiger partial charge >= 0.3 is 0 Å². The molecular weight excluding hydrogens is 236 g/mol. The minimum Gasteiger partial charge on any atom is -0.399 e. The lowest BCUT2D eigenvalue weighted by atomic mass is 10.1. The smallest absolute Gasteiger partial charge is 0.263 e. The summed E-state index contributed by atoms with van der Waals surface area (Å²) in [4.78, 5) is 0. The van der Waals surface area contributed by atoms with E-state index in [0.29, 0.717) is 11.3 Å². The first-order valence-electron chi connectivity index (χ1n) is 5.81. The Labute approximate surface area is 104 Å². The Morgan fingerprint density at radius 1 is 1.28 bits per heavy atom. The quantitative estimate of drug-likeness (QED) is 0.845. The fourth-order valence-corrected chi connectivity index (χ4v) is 1.83. The molecule has 0 amide bonds. The summed E-state index contributed by atoms with van der Waals surface area (Å²) >= 11 is 0. The molecule has 5 heteroatoms. The Morgan fingerprint density at radius 3 is 2.72 bits per heavy atom.